The Labute approximate surface area is 594 Å². The second kappa shape index (κ2) is 69.8. The molecule has 0 radical (unpaired) electrons. The zero-order valence-electron chi connectivity index (χ0n) is 63.4. The zero-order chi connectivity index (χ0) is 71.4. The first kappa shape index (κ1) is 95.1. The van der Waals surface area contributed by atoms with Crippen molar-refractivity contribution in [3.63, 3.8) is 0 Å². The second-order valence-electron chi connectivity index (χ2n) is 29.1. The molecule has 17 nitrogen and oxygen atoms in total. The molecule has 0 saturated heterocycles. The number of hydrogen-bond acceptors (Lipinski definition) is 15. The number of hydrogen-bond donors (Lipinski definition) is 3. The number of rotatable bonds is 77. The summed E-state index contributed by atoms with van der Waals surface area (Å²) in [7, 11) is -9.91. The van der Waals surface area contributed by atoms with Crippen LogP contribution in [0.1, 0.15) is 408 Å². The van der Waals surface area contributed by atoms with E-state index in [0.29, 0.717) is 25.7 Å². The van der Waals surface area contributed by atoms with E-state index in [-0.39, 0.29) is 25.7 Å². The van der Waals surface area contributed by atoms with Crippen molar-refractivity contribution in [3.8, 4) is 0 Å². The average Bonchev–Trinajstić information content (AvgIpc) is 1.54. The van der Waals surface area contributed by atoms with Gasteiger partial charge in [-0.3, -0.25) is 37.3 Å². The van der Waals surface area contributed by atoms with Gasteiger partial charge in [-0.1, -0.05) is 356 Å². The van der Waals surface area contributed by atoms with Crippen LogP contribution in [-0.4, -0.2) is 96.7 Å². The zero-order valence-corrected chi connectivity index (χ0v) is 65.2. The van der Waals surface area contributed by atoms with Gasteiger partial charge in [0, 0.05) is 25.7 Å². The molecule has 0 rings (SSSR count). The Kier molecular flexibility index (Phi) is 68.4. The van der Waals surface area contributed by atoms with Gasteiger partial charge in [-0.25, -0.2) is 9.13 Å². The minimum Gasteiger partial charge on any atom is -0.462 e. The van der Waals surface area contributed by atoms with Crippen molar-refractivity contribution in [2.45, 2.75) is 426 Å². The molecule has 5 atom stereocenters. The molecule has 0 aliphatic rings. The van der Waals surface area contributed by atoms with Gasteiger partial charge in [0.1, 0.15) is 19.3 Å². The predicted molar refractivity (Wildman–Crippen MR) is 395 cm³/mol. The Balaban J connectivity index is 5.25. The molecule has 0 aromatic carbocycles. The van der Waals surface area contributed by atoms with E-state index in [1.807, 2.05) is 0 Å². The number of aliphatic hydroxyl groups excluding tert-OH is 1. The Morgan fingerprint density at radius 2 is 0.474 bits per heavy atom. The van der Waals surface area contributed by atoms with E-state index in [1.165, 1.54) is 225 Å². The summed E-state index contributed by atoms with van der Waals surface area (Å²) in [6.07, 6.45) is 58.2. The maximum absolute atomic E-state index is 13.1. The molecular formula is C78H152O17P2. The van der Waals surface area contributed by atoms with Crippen molar-refractivity contribution in [3.05, 3.63) is 0 Å². The highest BCUT2D eigenvalue weighted by Gasteiger charge is 2.30. The third kappa shape index (κ3) is 72.2. The van der Waals surface area contributed by atoms with Crippen LogP contribution in [0.25, 0.3) is 0 Å². The van der Waals surface area contributed by atoms with E-state index in [2.05, 4.69) is 41.5 Å². The predicted octanol–water partition coefficient (Wildman–Crippen LogP) is 23.1. The molecular weight excluding hydrogens is 1270 g/mol. The summed E-state index contributed by atoms with van der Waals surface area (Å²) in [4.78, 5) is 72.9. The molecule has 0 aromatic heterocycles. The van der Waals surface area contributed by atoms with Crippen LogP contribution in [0.15, 0.2) is 0 Å². The lowest BCUT2D eigenvalue weighted by atomic mass is 10.0. The average molecular weight is 1420 g/mol. The third-order valence-corrected chi connectivity index (χ3v) is 20.1. The fourth-order valence-corrected chi connectivity index (χ4v) is 13.6. The Morgan fingerprint density at radius 1 is 0.278 bits per heavy atom. The fraction of sp³-hybridized carbons (Fsp3) is 0.949. The molecule has 0 spiro atoms. The SMILES string of the molecule is CCCCCCCCCCCCCCCCCCCCC(=O)O[C@H](COC(=O)CCCCCCCCCCCCCCC(C)C)COP(=O)(O)OC[C@@H](O)COP(=O)(O)OC[C@@H](COC(=O)CCCCCCCCCCC(C)C)OC(=O)CCCCCCCCCCCCCCC. The lowest BCUT2D eigenvalue weighted by Gasteiger charge is -2.21. The van der Waals surface area contributed by atoms with Gasteiger partial charge in [0.15, 0.2) is 12.2 Å². The minimum absolute atomic E-state index is 0.107. The molecule has 97 heavy (non-hydrogen) atoms. The Bertz CT molecular complexity index is 1870. The van der Waals surface area contributed by atoms with E-state index in [0.717, 1.165) is 102 Å². The van der Waals surface area contributed by atoms with Gasteiger partial charge in [-0.05, 0) is 37.5 Å². The molecule has 0 aliphatic carbocycles. The van der Waals surface area contributed by atoms with Crippen molar-refractivity contribution in [1.82, 2.24) is 0 Å². The highest BCUT2D eigenvalue weighted by molar-refractivity contribution is 7.47. The number of aliphatic hydroxyl groups is 1. The normalized spacial score (nSPS) is 14.0. The quantitative estimate of drug-likeness (QED) is 0.0222. The van der Waals surface area contributed by atoms with Gasteiger partial charge >= 0.3 is 39.5 Å². The first-order valence-electron chi connectivity index (χ1n) is 40.5. The van der Waals surface area contributed by atoms with Crippen molar-refractivity contribution < 1.29 is 80.2 Å². The van der Waals surface area contributed by atoms with Crippen molar-refractivity contribution in [2.24, 2.45) is 11.8 Å². The number of carbonyl (C=O) groups excluding carboxylic acids is 4. The molecule has 576 valence electrons. The van der Waals surface area contributed by atoms with Gasteiger partial charge in [-0.15, -0.1) is 0 Å². The summed E-state index contributed by atoms with van der Waals surface area (Å²) < 4.78 is 68.6. The largest absolute Gasteiger partial charge is 0.472 e. The Hall–Kier alpha value is -1.94. The lowest BCUT2D eigenvalue weighted by Crippen LogP contribution is -2.30. The summed E-state index contributed by atoms with van der Waals surface area (Å²) in [5.74, 6) is -0.603. The number of carbonyl (C=O) groups is 4. The molecule has 2 unspecified atom stereocenters. The molecule has 0 bridgehead atoms. The number of unbranched alkanes of at least 4 members (excludes halogenated alkanes) is 47. The van der Waals surface area contributed by atoms with E-state index in [1.54, 1.807) is 0 Å². The smallest absolute Gasteiger partial charge is 0.462 e. The minimum atomic E-state index is -4.96. The van der Waals surface area contributed by atoms with Crippen LogP contribution in [0.4, 0.5) is 0 Å². The molecule has 0 aromatic rings. The molecule has 0 fully saturated rings. The molecule has 19 heteroatoms. The number of ether oxygens (including phenoxy) is 4. The Morgan fingerprint density at radius 3 is 0.701 bits per heavy atom. The van der Waals surface area contributed by atoms with Crippen LogP contribution < -0.4 is 0 Å². The van der Waals surface area contributed by atoms with Crippen LogP contribution in [0.2, 0.25) is 0 Å². The van der Waals surface area contributed by atoms with E-state index in [9.17, 15) is 43.2 Å². The number of phosphoric acid groups is 2. The van der Waals surface area contributed by atoms with Crippen molar-refractivity contribution in [2.75, 3.05) is 39.6 Å². The topological polar surface area (TPSA) is 237 Å². The summed E-state index contributed by atoms with van der Waals surface area (Å²) >= 11 is 0. The second-order valence-corrected chi connectivity index (χ2v) is 32.0. The van der Waals surface area contributed by atoms with Gasteiger partial charge in [0.2, 0.25) is 0 Å². The molecule has 0 heterocycles. The maximum atomic E-state index is 13.1. The lowest BCUT2D eigenvalue weighted by molar-refractivity contribution is -0.161. The van der Waals surface area contributed by atoms with Gasteiger partial charge < -0.3 is 33.8 Å². The number of phosphoric ester groups is 2. The van der Waals surface area contributed by atoms with Gasteiger partial charge in [0.05, 0.1) is 26.4 Å². The highest BCUT2D eigenvalue weighted by Crippen LogP contribution is 2.45. The van der Waals surface area contributed by atoms with Crippen LogP contribution >= 0.6 is 15.6 Å². The molecule has 3 N–H and O–H groups in total. The fourth-order valence-electron chi connectivity index (χ4n) is 12.0. The summed E-state index contributed by atoms with van der Waals surface area (Å²) in [5.41, 5.74) is 0. The van der Waals surface area contributed by atoms with Crippen LogP contribution in [0, 0.1) is 11.8 Å². The van der Waals surface area contributed by atoms with E-state index < -0.39 is 97.5 Å². The third-order valence-electron chi connectivity index (χ3n) is 18.2. The standard InChI is InChI=1S/C78H152O17P2/c1-7-9-11-13-15-17-19-21-22-23-24-25-27-33-37-45-51-57-63-78(83)94-73(66-88-75(80)60-54-48-42-35-31-29-28-30-34-40-46-52-58-70(3)4)68-92-96(84,85)90-64-72(79)65-91-97(86,87)93-69-74(67-89-76(81)61-55-49-43-39-38-41-47-53-59-71(5)6)95-77(82)62-56-50-44-36-32-26-20-18-16-14-12-10-8-2/h70-74,79H,7-69H2,1-6H3,(H,84,85)(H,86,87)/t72-,73-,74-/m1/s1. The first-order valence-corrected chi connectivity index (χ1v) is 43.5. The molecule has 0 saturated carbocycles. The molecule has 0 amide bonds. The van der Waals surface area contributed by atoms with Crippen LogP contribution in [0.5, 0.6) is 0 Å². The molecule has 0 aliphatic heterocycles. The maximum Gasteiger partial charge on any atom is 0.472 e. The van der Waals surface area contributed by atoms with Gasteiger partial charge in [0.25, 0.3) is 0 Å². The monoisotopic (exact) mass is 1420 g/mol. The summed E-state index contributed by atoms with van der Waals surface area (Å²) in [6.45, 7) is 9.60. The summed E-state index contributed by atoms with van der Waals surface area (Å²) in [5, 5.41) is 10.6. The van der Waals surface area contributed by atoms with Crippen molar-refractivity contribution in [1.29, 1.82) is 0 Å². The van der Waals surface area contributed by atoms with E-state index in [4.69, 9.17) is 37.0 Å². The summed E-state index contributed by atoms with van der Waals surface area (Å²) in [6, 6.07) is 0. The van der Waals surface area contributed by atoms with Gasteiger partial charge in [-0.2, -0.15) is 0 Å². The first-order chi connectivity index (χ1) is 46.9. The van der Waals surface area contributed by atoms with Crippen LogP contribution in [0.3, 0.4) is 0 Å². The van der Waals surface area contributed by atoms with E-state index >= 15 is 0 Å². The van der Waals surface area contributed by atoms with Crippen LogP contribution in [-0.2, 0) is 65.4 Å². The van der Waals surface area contributed by atoms with Crippen molar-refractivity contribution >= 4 is 39.5 Å². The highest BCUT2D eigenvalue weighted by atomic mass is 31.2. The number of esters is 4.